The minimum atomic E-state index is -0.774. The van der Waals surface area contributed by atoms with Gasteiger partial charge in [-0.2, -0.15) is 0 Å². The van der Waals surface area contributed by atoms with Crippen LogP contribution in [0.1, 0.15) is 36.8 Å². The zero-order valence-electron chi connectivity index (χ0n) is 20.0. The molecule has 0 aromatic heterocycles. The molecule has 36 heavy (non-hydrogen) atoms. The van der Waals surface area contributed by atoms with Crippen molar-refractivity contribution in [2.24, 2.45) is 0 Å². The first kappa shape index (κ1) is 25.7. The van der Waals surface area contributed by atoms with Gasteiger partial charge in [-0.25, -0.2) is 4.39 Å². The van der Waals surface area contributed by atoms with E-state index in [0.29, 0.717) is 11.4 Å². The lowest BCUT2D eigenvalue weighted by Gasteiger charge is -2.32. The van der Waals surface area contributed by atoms with Crippen LogP contribution in [-0.4, -0.2) is 35.4 Å². The maximum Gasteiger partial charge on any atom is 0.261 e. The zero-order valence-corrected chi connectivity index (χ0v) is 20.8. The topological polar surface area (TPSA) is 58.6 Å². The molecule has 1 N–H and O–H groups in total. The molecule has 1 aliphatic carbocycles. The van der Waals surface area contributed by atoms with Crippen LogP contribution in [0.4, 0.5) is 4.39 Å². The SMILES string of the molecule is O=C(NC1CCCC1)[C@H](Cc1ccccc1)N(Cc1cccc(Cl)c1)C(=O)COc1ccccc1F. The van der Waals surface area contributed by atoms with Gasteiger partial charge in [-0.3, -0.25) is 9.59 Å². The summed E-state index contributed by atoms with van der Waals surface area (Å²) < 4.78 is 19.6. The lowest BCUT2D eigenvalue weighted by atomic mass is 10.0. The Morgan fingerprint density at radius 3 is 2.39 bits per heavy atom. The lowest BCUT2D eigenvalue weighted by molar-refractivity contribution is -0.143. The van der Waals surface area contributed by atoms with Crippen molar-refractivity contribution in [3.8, 4) is 5.75 Å². The van der Waals surface area contributed by atoms with E-state index in [1.54, 1.807) is 30.3 Å². The van der Waals surface area contributed by atoms with Crippen molar-refractivity contribution in [3.05, 3.63) is 101 Å². The van der Waals surface area contributed by atoms with Crippen LogP contribution in [0.3, 0.4) is 0 Å². The summed E-state index contributed by atoms with van der Waals surface area (Å²) in [6.07, 6.45) is 4.36. The molecule has 7 heteroatoms. The minimum absolute atomic E-state index is 0.0106. The Morgan fingerprint density at radius 2 is 1.67 bits per heavy atom. The zero-order chi connectivity index (χ0) is 25.3. The van der Waals surface area contributed by atoms with E-state index in [-0.39, 0.29) is 24.2 Å². The number of nitrogens with zero attached hydrogens (tertiary/aromatic N) is 1. The van der Waals surface area contributed by atoms with Crippen LogP contribution in [0, 0.1) is 5.82 Å². The predicted molar refractivity (Wildman–Crippen MR) is 138 cm³/mol. The summed E-state index contributed by atoms with van der Waals surface area (Å²) in [4.78, 5) is 28.7. The summed E-state index contributed by atoms with van der Waals surface area (Å²) in [5.41, 5.74) is 1.72. The number of benzene rings is 3. The average molecular weight is 509 g/mol. The van der Waals surface area contributed by atoms with Crippen LogP contribution in [-0.2, 0) is 22.6 Å². The Labute approximate surface area is 216 Å². The van der Waals surface area contributed by atoms with Crippen LogP contribution >= 0.6 is 11.6 Å². The number of nitrogens with one attached hydrogen (secondary N) is 1. The number of hydrogen-bond donors (Lipinski definition) is 1. The Balaban J connectivity index is 1.62. The second-order valence-corrected chi connectivity index (χ2v) is 9.50. The molecule has 3 aromatic rings. The monoisotopic (exact) mass is 508 g/mol. The fourth-order valence-corrected chi connectivity index (χ4v) is 4.75. The number of para-hydroxylation sites is 1. The molecule has 5 nitrogen and oxygen atoms in total. The van der Waals surface area contributed by atoms with Gasteiger partial charge in [-0.05, 0) is 48.2 Å². The third-order valence-electron chi connectivity index (χ3n) is 6.40. The van der Waals surface area contributed by atoms with E-state index in [2.05, 4.69) is 5.32 Å². The van der Waals surface area contributed by atoms with Gasteiger partial charge in [0.25, 0.3) is 5.91 Å². The van der Waals surface area contributed by atoms with Crippen LogP contribution in [0.15, 0.2) is 78.9 Å². The quantitative estimate of drug-likeness (QED) is 0.390. The van der Waals surface area contributed by atoms with E-state index < -0.39 is 24.4 Å². The van der Waals surface area contributed by atoms with Crippen molar-refractivity contribution >= 4 is 23.4 Å². The van der Waals surface area contributed by atoms with Crippen LogP contribution in [0.25, 0.3) is 0 Å². The second-order valence-electron chi connectivity index (χ2n) is 9.07. The number of carbonyl (C=O) groups excluding carboxylic acids is 2. The summed E-state index contributed by atoms with van der Waals surface area (Å²) >= 11 is 6.20. The van der Waals surface area contributed by atoms with Crippen LogP contribution < -0.4 is 10.1 Å². The molecule has 188 valence electrons. The van der Waals surface area contributed by atoms with Crippen molar-refractivity contribution in [2.75, 3.05) is 6.61 Å². The molecule has 1 aliphatic rings. The van der Waals surface area contributed by atoms with Crippen molar-refractivity contribution in [3.63, 3.8) is 0 Å². The van der Waals surface area contributed by atoms with E-state index in [1.807, 2.05) is 36.4 Å². The van der Waals surface area contributed by atoms with Gasteiger partial charge in [0.05, 0.1) is 0 Å². The Morgan fingerprint density at radius 1 is 0.972 bits per heavy atom. The summed E-state index contributed by atoms with van der Waals surface area (Å²) in [6.45, 7) is -0.237. The van der Waals surface area contributed by atoms with Gasteiger partial charge in [-0.15, -0.1) is 0 Å². The molecule has 2 amide bonds. The summed E-state index contributed by atoms with van der Waals surface area (Å²) in [7, 11) is 0. The fourth-order valence-electron chi connectivity index (χ4n) is 4.54. The van der Waals surface area contributed by atoms with E-state index in [1.165, 1.54) is 17.0 Å². The largest absolute Gasteiger partial charge is 0.481 e. The van der Waals surface area contributed by atoms with E-state index >= 15 is 0 Å². The highest BCUT2D eigenvalue weighted by Crippen LogP contribution is 2.21. The van der Waals surface area contributed by atoms with Crippen molar-refractivity contribution in [1.82, 2.24) is 10.2 Å². The first-order chi connectivity index (χ1) is 17.5. The number of hydrogen-bond acceptors (Lipinski definition) is 3. The normalized spacial score (nSPS) is 14.3. The third kappa shape index (κ3) is 7.08. The Kier molecular flexibility index (Phi) is 8.95. The molecule has 3 aromatic carbocycles. The van der Waals surface area contributed by atoms with Gasteiger partial charge in [0.2, 0.25) is 5.91 Å². The molecule has 1 fully saturated rings. The number of amides is 2. The smallest absolute Gasteiger partial charge is 0.261 e. The number of carbonyl (C=O) groups is 2. The van der Waals surface area contributed by atoms with Crippen molar-refractivity contribution in [2.45, 2.75) is 50.7 Å². The maximum atomic E-state index is 14.1. The first-order valence-electron chi connectivity index (χ1n) is 12.2. The Hall–Kier alpha value is -3.38. The van der Waals surface area contributed by atoms with Gasteiger partial charge >= 0.3 is 0 Å². The third-order valence-corrected chi connectivity index (χ3v) is 6.64. The number of rotatable bonds is 10. The van der Waals surface area contributed by atoms with Gasteiger partial charge < -0.3 is 15.0 Å². The molecule has 0 aliphatic heterocycles. The highest BCUT2D eigenvalue weighted by molar-refractivity contribution is 6.30. The molecule has 0 bridgehead atoms. The first-order valence-corrected chi connectivity index (χ1v) is 12.6. The molecule has 0 spiro atoms. The molecular formula is C29H30ClFN2O3. The number of ether oxygens (including phenoxy) is 1. The molecule has 0 unspecified atom stereocenters. The van der Waals surface area contributed by atoms with E-state index in [0.717, 1.165) is 36.8 Å². The van der Waals surface area contributed by atoms with Crippen molar-refractivity contribution in [1.29, 1.82) is 0 Å². The van der Waals surface area contributed by atoms with Gasteiger partial charge in [0.1, 0.15) is 6.04 Å². The van der Waals surface area contributed by atoms with Crippen molar-refractivity contribution < 1.29 is 18.7 Å². The standard InChI is InChI=1S/C29H30ClFN2O3/c30-23-12-8-11-22(17-23)19-33(28(34)20-36-27-16-7-6-15-25(27)31)26(18-21-9-2-1-3-10-21)29(35)32-24-13-4-5-14-24/h1-3,6-12,15-17,24,26H,4-5,13-14,18-20H2,(H,32,35)/t26-/m0/s1. The summed E-state index contributed by atoms with van der Waals surface area (Å²) in [5, 5.41) is 3.69. The predicted octanol–water partition coefficient (Wildman–Crippen LogP) is 5.56. The maximum absolute atomic E-state index is 14.1. The second kappa shape index (κ2) is 12.5. The Bertz CT molecular complexity index is 1170. The lowest BCUT2D eigenvalue weighted by Crippen LogP contribution is -2.53. The van der Waals surface area contributed by atoms with Gasteiger partial charge in [-0.1, -0.05) is 79.0 Å². The highest BCUT2D eigenvalue weighted by atomic mass is 35.5. The molecule has 1 atom stereocenters. The molecule has 4 rings (SSSR count). The highest BCUT2D eigenvalue weighted by Gasteiger charge is 2.32. The fraction of sp³-hybridized carbons (Fsp3) is 0.310. The molecular weight excluding hydrogens is 479 g/mol. The average Bonchev–Trinajstić information content (AvgIpc) is 3.39. The molecule has 1 saturated carbocycles. The summed E-state index contributed by atoms with van der Waals surface area (Å²) in [5.74, 6) is -1.18. The molecule has 0 heterocycles. The van der Waals surface area contributed by atoms with Crippen LogP contribution in [0.5, 0.6) is 5.75 Å². The van der Waals surface area contributed by atoms with Gasteiger partial charge in [0, 0.05) is 24.0 Å². The number of halogens is 2. The van der Waals surface area contributed by atoms with Gasteiger partial charge in [0.15, 0.2) is 18.2 Å². The minimum Gasteiger partial charge on any atom is -0.481 e. The van der Waals surface area contributed by atoms with E-state index in [4.69, 9.17) is 16.3 Å². The van der Waals surface area contributed by atoms with E-state index in [9.17, 15) is 14.0 Å². The van der Waals surface area contributed by atoms with Crippen LogP contribution in [0.2, 0.25) is 5.02 Å². The molecule has 0 radical (unpaired) electrons. The summed E-state index contributed by atoms with van der Waals surface area (Å²) in [6, 6.07) is 22.1. The molecule has 0 saturated heterocycles.